The first kappa shape index (κ1) is 17.2. The van der Waals surface area contributed by atoms with E-state index < -0.39 is 24.0 Å². The van der Waals surface area contributed by atoms with Crippen molar-refractivity contribution in [3.8, 4) is 11.5 Å². The molecule has 0 aromatic heterocycles. The Morgan fingerprint density at radius 3 is 2.29 bits per heavy atom. The van der Waals surface area contributed by atoms with E-state index in [1.54, 1.807) is 6.07 Å². The van der Waals surface area contributed by atoms with Crippen molar-refractivity contribution in [2.45, 2.75) is 13.0 Å². The number of carbonyl (C=O) groups is 3. The molecule has 0 saturated carbocycles. The maximum absolute atomic E-state index is 12.1. The van der Waals surface area contributed by atoms with E-state index in [-0.39, 0.29) is 5.56 Å². The third-order valence-corrected chi connectivity index (χ3v) is 3.25. The van der Waals surface area contributed by atoms with E-state index in [4.69, 9.17) is 14.6 Å². The molecular weight excluding hydrogens is 312 g/mol. The van der Waals surface area contributed by atoms with Gasteiger partial charge in [0.1, 0.15) is 18.1 Å². The van der Waals surface area contributed by atoms with Crippen LogP contribution in [0.25, 0.3) is 0 Å². The van der Waals surface area contributed by atoms with Crippen LogP contribution in [0.3, 0.4) is 0 Å². The summed E-state index contributed by atoms with van der Waals surface area (Å²) in [4.78, 5) is 33.8. The highest BCUT2D eigenvalue weighted by molar-refractivity contribution is 6.37. The topological polar surface area (TPSA) is 89.9 Å². The molecule has 6 nitrogen and oxygen atoms in total. The van der Waals surface area contributed by atoms with E-state index in [1.807, 2.05) is 30.3 Å². The number of carboxylic acid groups (broad SMARTS) is 1. The lowest BCUT2D eigenvalue weighted by molar-refractivity contribution is -0.148. The summed E-state index contributed by atoms with van der Waals surface area (Å²) < 4.78 is 10.8. The van der Waals surface area contributed by atoms with E-state index in [2.05, 4.69) is 0 Å². The summed E-state index contributed by atoms with van der Waals surface area (Å²) in [5.41, 5.74) is 1.11. The van der Waals surface area contributed by atoms with Crippen LogP contribution in [-0.4, -0.2) is 29.8 Å². The third kappa shape index (κ3) is 4.67. The zero-order valence-corrected chi connectivity index (χ0v) is 13.0. The summed E-state index contributed by atoms with van der Waals surface area (Å²) in [6.45, 7) is 0.301. The molecule has 1 N–H and O–H groups in total. The van der Waals surface area contributed by atoms with Gasteiger partial charge in [0, 0.05) is 11.6 Å². The molecule has 0 fully saturated rings. The molecule has 0 aliphatic heterocycles. The maximum Gasteiger partial charge on any atom is 0.372 e. The number of Topliss-reactive ketones (excluding diaryl/α,β-unsaturated/α-hetero) is 2. The molecular formula is C18H16O6. The van der Waals surface area contributed by atoms with Crippen LogP contribution in [0.15, 0.2) is 48.5 Å². The average molecular weight is 328 g/mol. The zero-order chi connectivity index (χ0) is 17.5. The molecule has 2 rings (SSSR count). The van der Waals surface area contributed by atoms with Gasteiger partial charge in [-0.05, 0) is 17.7 Å². The summed E-state index contributed by atoms with van der Waals surface area (Å²) in [6.07, 6.45) is -0.708. The van der Waals surface area contributed by atoms with Gasteiger partial charge in [-0.1, -0.05) is 30.3 Å². The van der Waals surface area contributed by atoms with Gasteiger partial charge >= 0.3 is 5.97 Å². The third-order valence-electron chi connectivity index (χ3n) is 3.25. The number of methoxy groups -OCH3 is 1. The molecule has 0 saturated heterocycles. The molecule has 24 heavy (non-hydrogen) atoms. The van der Waals surface area contributed by atoms with Crippen LogP contribution in [0.1, 0.15) is 22.3 Å². The second-order valence-electron chi connectivity index (χ2n) is 5.00. The molecule has 0 bridgehead atoms. The molecule has 2 aromatic carbocycles. The highest BCUT2D eigenvalue weighted by Crippen LogP contribution is 2.24. The monoisotopic (exact) mass is 328 g/mol. The van der Waals surface area contributed by atoms with Crippen molar-refractivity contribution in [1.82, 2.24) is 0 Å². The van der Waals surface area contributed by atoms with Gasteiger partial charge in [-0.2, -0.15) is 0 Å². The minimum Gasteiger partial charge on any atom is -0.497 e. The van der Waals surface area contributed by atoms with Gasteiger partial charge in [0.2, 0.25) is 5.78 Å². The van der Waals surface area contributed by atoms with Crippen LogP contribution in [-0.2, 0) is 16.2 Å². The van der Waals surface area contributed by atoms with Crippen molar-refractivity contribution in [2.75, 3.05) is 7.11 Å². The molecule has 0 spiro atoms. The molecule has 0 unspecified atom stereocenters. The van der Waals surface area contributed by atoms with E-state index in [1.165, 1.54) is 19.2 Å². The Kier molecular flexibility index (Phi) is 5.68. The Bertz CT molecular complexity index is 751. The van der Waals surface area contributed by atoms with Gasteiger partial charge < -0.3 is 14.6 Å². The predicted octanol–water partition coefficient (Wildman–Crippen LogP) is 2.50. The minimum absolute atomic E-state index is 0.159. The molecule has 0 heterocycles. The van der Waals surface area contributed by atoms with Crippen molar-refractivity contribution < 1.29 is 29.0 Å². The molecule has 0 amide bonds. The molecule has 2 aromatic rings. The van der Waals surface area contributed by atoms with Crippen molar-refractivity contribution in [2.24, 2.45) is 0 Å². The number of carbonyl (C=O) groups excluding carboxylic acids is 2. The second kappa shape index (κ2) is 7.92. The van der Waals surface area contributed by atoms with Crippen LogP contribution in [0.2, 0.25) is 0 Å². The molecule has 0 radical (unpaired) electrons. The SMILES string of the molecule is COc1cc(OCc2ccccc2)cc(C(=O)CC(=O)C(=O)O)c1. The average Bonchev–Trinajstić information content (AvgIpc) is 2.60. The number of carboxylic acids is 1. The number of hydrogen-bond acceptors (Lipinski definition) is 5. The Morgan fingerprint density at radius 2 is 1.67 bits per heavy atom. The van der Waals surface area contributed by atoms with Crippen molar-refractivity contribution in [3.63, 3.8) is 0 Å². The Hall–Kier alpha value is -3.15. The number of ketones is 2. The first-order valence-electron chi connectivity index (χ1n) is 7.14. The van der Waals surface area contributed by atoms with Crippen LogP contribution >= 0.6 is 0 Å². The second-order valence-corrected chi connectivity index (χ2v) is 5.00. The van der Waals surface area contributed by atoms with Gasteiger partial charge in [-0.15, -0.1) is 0 Å². The van der Waals surface area contributed by atoms with E-state index in [0.717, 1.165) is 5.56 Å². The summed E-state index contributed by atoms with van der Waals surface area (Å²) >= 11 is 0. The van der Waals surface area contributed by atoms with E-state index >= 15 is 0 Å². The number of benzene rings is 2. The fourth-order valence-corrected chi connectivity index (χ4v) is 2.00. The molecule has 0 aliphatic carbocycles. The molecule has 6 heteroatoms. The normalized spacial score (nSPS) is 10.0. The first-order chi connectivity index (χ1) is 11.5. The number of rotatable bonds is 8. The van der Waals surface area contributed by atoms with Crippen LogP contribution in [0.4, 0.5) is 0 Å². The Labute approximate surface area is 138 Å². The predicted molar refractivity (Wildman–Crippen MR) is 85.4 cm³/mol. The lowest BCUT2D eigenvalue weighted by atomic mass is 10.1. The highest BCUT2D eigenvalue weighted by atomic mass is 16.5. The summed E-state index contributed by atoms with van der Waals surface area (Å²) in [6, 6.07) is 14.0. The van der Waals surface area contributed by atoms with E-state index in [0.29, 0.717) is 18.1 Å². The summed E-state index contributed by atoms with van der Waals surface area (Å²) in [5, 5.41) is 8.59. The standard InChI is InChI=1S/C18H16O6/c1-23-14-7-13(16(19)10-17(20)18(21)22)8-15(9-14)24-11-12-5-3-2-4-6-12/h2-9H,10-11H2,1H3,(H,21,22). The maximum atomic E-state index is 12.1. The zero-order valence-electron chi connectivity index (χ0n) is 13.0. The molecule has 0 aliphatic rings. The van der Waals surface area contributed by atoms with E-state index in [9.17, 15) is 14.4 Å². The van der Waals surface area contributed by atoms with Gasteiger partial charge in [0.05, 0.1) is 13.5 Å². The van der Waals surface area contributed by atoms with Gasteiger partial charge in [-0.3, -0.25) is 9.59 Å². The highest BCUT2D eigenvalue weighted by Gasteiger charge is 2.19. The van der Waals surface area contributed by atoms with Crippen LogP contribution < -0.4 is 9.47 Å². The largest absolute Gasteiger partial charge is 0.497 e. The first-order valence-corrected chi connectivity index (χ1v) is 7.14. The fraction of sp³-hybridized carbons (Fsp3) is 0.167. The molecule has 0 atom stereocenters. The Morgan fingerprint density at radius 1 is 1.00 bits per heavy atom. The lowest BCUT2D eigenvalue weighted by Gasteiger charge is -2.10. The smallest absolute Gasteiger partial charge is 0.372 e. The summed E-state index contributed by atoms with van der Waals surface area (Å²) in [7, 11) is 1.44. The number of ether oxygens (including phenoxy) is 2. The van der Waals surface area contributed by atoms with Crippen molar-refractivity contribution >= 4 is 17.5 Å². The van der Waals surface area contributed by atoms with Gasteiger partial charge in [0.15, 0.2) is 5.78 Å². The quantitative estimate of drug-likeness (QED) is 0.455. The van der Waals surface area contributed by atoms with Gasteiger partial charge in [0.25, 0.3) is 0 Å². The van der Waals surface area contributed by atoms with Crippen LogP contribution in [0.5, 0.6) is 11.5 Å². The fourth-order valence-electron chi connectivity index (χ4n) is 2.00. The minimum atomic E-state index is -1.63. The summed E-state index contributed by atoms with van der Waals surface area (Å²) in [5.74, 6) is -2.62. The van der Waals surface area contributed by atoms with Crippen LogP contribution in [0, 0.1) is 0 Å². The molecule has 124 valence electrons. The Balaban J connectivity index is 2.16. The lowest BCUT2D eigenvalue weighted by Crippen LogP contribution is -2.17. The number of hydrogen-bond donors (Lipinski definition) is 1. The number of aliphatic carboxylic acids is 1. The van der Waals surface area contributed by atoms with Gasteiger partial charge in [-0.25, -0.2) is 4.79 Å². The van der Waals surface area contributed by atoms with Crippen molar-refractivity contribution in [3.05, 3.63) is 59.7 Å². The van der Waals surface area contributed by atoms with Crippen molar-refractivity contribution in [1.29, 1.82) is 0 Å².